The number of carbonyl (C=O) groups excluding carboxylic acids is 1. The number of rotatable bonds is 3. The zero-order valence-electron chi connectivity index (χ0n) is 8.13. The van der Waals surface area contributed by atoms with Crippen molar-refractivity contribution in [1.29, 1.82) is 0 Å². The Labute approximate surface area is 81.9 Å². The molecule has 0 aromatic heterocycles. The van der Waals surface area contributed by atoms with Gasteiger partial charge in [0.05, 0.1) is 7.11 Å². The van der Waals surface area contributed by atoms with E-state index in [9.17, 15) is 9.18 Å². The molecule has 0 atom stereocenters. The summed E-state index contributed by atoms with van der Waals surface area (Å²) >= 11 is 0. The fourth-order valence-corrected chi connectivity index (χ4v) is 1.00. The topological polar surface area (TPSA) is 38.3 Å². The van der Waals surface area contributed by atoms with Crippen molar-refractivity contribution >= 4 is 11.6 Å². The largest absolute Gasteiger partial charge is 0.497 e. The number of nitrogens with one attached hydrogen (secondary N) is 1. The first kappa shape index (κ1) is 10.5. The molecule has 0 aliphatic heterocycles. The van der Waals surface area contributed by atoms with Crippen LogP contribution in [0.3, 0.4) is 0 Å². The zero-order chi connectivity index (χ0) is 10.6. The molecule has 0 bridgehead atoms. The van der Waals surface area contributed by atoms with Gasteiger partial charge in [0.2, 0.25) is 5.91 Å². The van der Waals surface area contributed by atoms with Gasteiger partial charge in [0, 0.05) is 24.2 Å². The highest BCUT2D eigenvalue weighted by molar-refractivity contribution is 5.90. The highest BCUT2D eigenvalue weighted by Gasteiger charge is 2.03. The van der Waals surface area contributed by atoms with Crippen LogP contribution in [0.15, 0.2) is 18.2 Å². The van der Waals surface area contributed by atoms with Crippen LogP contribution in [0, 0.1) is 5.82 Å². The molecule has 1 N–H and O–H groups in total. The lowest BCUT2D eigenvalue weighted by molar-refractivity contribution is -0.115. The summed E-state index contributed by atoms with van der Waals surface area (Å²) in [6.45, 7) is 1.73. The maximum Gasteiger partial charge on any atom is 0.224 e. The monoisotopic (exact) mass is 197 g/mol. The molecule has 0 saturated carbocycles. The highest BCUT2D eigenvalue weighted by atomic mass is 19.1. The first-order valence-corrected chi connectivity index (χ1v) is 4.30. The van der Waals surface area contributed by atoms with Crippen molar-refractivity contribution < 1.29 is 13.9 Å². The van der Waals surface area contributed by atoms with Crippen molar-refractivity contribution in [2.75, 3.05) is 12.4 Å². The summed E-state index contributed by atoms with van der Waals surface area (Å²) in [4.78, 5) is 11.0. The molecule has 0 unspecified atom stereocenters. The smallest absolute Gasteiger partial charge is 0.224 e. The molecule has 0 saturated heterocycles. The standard InChI is InChI=1S/C10H12FNO2/c1-3-10(13)12-8-4-7(11)5-9(6-8)14-2/h4-6H,3H2,1-2H3,(H,12,13). The van der Waals surface area contributed by atoms with Crippen LogP contribution < -0.4 is 10.1 Å². The van der Waals surface area contributed by atoms with E-state index >= 15 is 0 Å². The van der Waals surface area contributed by atoms with Crippen LogP contribution in [0.1, 0.15) is 13.3 Å². The predicted molar refractivity (Wildman–Crippen MR) is 51.9 cm³/mol. The van der Waals surface area contributed by atoms with E-state index in [2.05, 4.69) is 5.32 Å². The van der Waals surface area contributed by atoms with Gasteiger partial charge < -0.3 is 10.1 Å². The molecule has 4 heteroatoms. The molecule has 0 radical (unpaired) electrons. The van der Waals surface area contributed by atoms with Crippen molar-refractivity contribution in [3.63, 3.8) is 0 Å². The lowest BCUT2D eigenvalue weighted by Gasteiger charge is -2.06. The molecule has 0 aliphatic rings. The Morgan fingerprint density at radius 1 is 1.50 bits per heavy atom. The van der Waals surface area contributed by atoms with E-state index < -0.39 is 5.82 Å². The minimum absolute atomic E-state index is 0.155. The molecule has 14 heavy (non-hydrogen) atoms. The maximum absolute atomic E-state index is 12.9. The van der Waals surface area contributed by atoms with E-state index in [1.807, 2.05) is 0 Å². The average Bonchev–Trinajstić information content (AvgIpc) is 2.16. The molecule has 1 amide bonds. The Balaban J connectivity index is 2.86. The van der Waals surface area contributed by atoms with Crippen molar-refractivity contribution in [2.45, 2.75) is 13.3 Å². The summed E-state index contributed by atoms with van der Waals surface area (Å²) in [7, 11) is 1.44. The van der Waals surface area contributed by atoms with Crippen molar-refractivity contribution in [3.8, 4) is 5.75 Å². The molecule has 0 aliphatic carbocycles. The van der Waals surface area contributed by atoms with Crippen molar-refractivity contribution in [1.82, 2.24) is 0 Å². The molecule has 76 valence electrons. The predicted octanol–water partition coefficient (Wildman–Crippen LogP) is 2.18. The fourth-order valence-electron chi connectivity index (χ4n) is 1.00. The van der Waals surface area contributed by atoms with Crippen LogP contribution >= 0.6 is 0 Å². The van der Waals surface area contributed by atoms with Gasteiger partial charge in [-0.1, -0.05) is 6.92 Å². The highest BCUT2D eigenvalue weighted by Crippen LogP contribution is 2.19. The number of ether oxygens (including phenoxy) is 1. The Hall–Kier alpha value is -1.58. The van der Waals surface area contributed by atoms with Gasteiger partial charge in [-0.2, -0.15) is 0 Å². The Morgan fingerprint density at radius 2 is 2.21 bits per heavy atom. The second-order valence-corrected chi connectivity index (χ2v) is 2.78. The summed E-state index contributed by atoms with van der Waals surface area (Å²) in [5.74, 6) is -0.204. The summed E-state index contributed by atoms with van der Waals surface area (Å²) in [5.41, 5.74) is 0.411. The first-order valence-electron chi connectivity index (χ1n) is 4.30. The molecular weight excluding hydrogens is 185 g/mol. The number of carbonyl (C=O) groups is 1. The molecule has 0 spiro atoms. The third kappa shape index (κ3) is 2.73. The minimum atomic E-state index is -0.434. The minimum Gasteiger partial charge on any atom is -0.497 e. The quantitative estimate of drug-likeness (QED) is 0.806. The second kappa shape index (κ2) is 4.60. The van der Waals surface area contributed by atoms with Gasteiger partial charge in [-0.3, -0.25) is 4.79 Å². The van der Waals surface area contributed by atoms with Crippen LogP contribution in [0.4, 0.5) is 10.1 Å². The van der Waals surface area contributed by atoms with Crippen LogP contribution in [0.5, 0.6) is 5.75 Å². The number of hydrogen-bond donors (Lipinski definition) is 1. The molecular formula is C10H12FNO2. The van der Waals surface area contributed by atoms with Crippen LogP contribution in [0.2, 0.25) is 0 Å². The lowest BCUT2D eigenvalue weighted by Crippen LogP contribution is -2.09. The average molecular weight is 197 g/mol. The Bertz CT molecular complexity index is 339. The van der Waals surface area contributed by atoms with Crippen LogP contribution in [0.25, 0.3) is 0 Å². The summed E-state index contributed by atoms with van der Waals surface area (Å²) in [5, 5.41) is 2.55. The van der Waals surface area contributed by atoms with Crippen LogP contribution in [-0.4, -0.2) is 13.0 Å². The Kier molecular flexibility index (Phi) is 3.45. The second-order valence-electron chi connectivity index (χ2n) is 2.78. The molecule has 0 heterocycles. The normalized spacial score (nSPS) is 9.64. The van der Waals surface area contributed by atoms with Gasteiger partial charge >= 0.3 is 0 Å². The van der Waals surface area contributed by atoms with E-state index in [-0.39, 0.29) is 5.91 Å². The first-order chi connectivity index (χ1) is 6.65. The van der Waals surface area contributed by atoms with E-state index in [4.69, 9.17) is 4.74 Å². The van der Waals surface area contributed by atoms with E-state index in [0.29, 0.717) is 17.9 Å². The number of amides is 1. The van der Waals surface area contributed by atoms with Gasteiger partial charge in [0.1, 0.15) is 11.6 Å². The molecule has 3 nitrogen and oxygen atoms in total. The van der Waals surface area contributed by atoms with Crippen molar-refractivity contribution in [2.24, 2.45) is 0 Å². The van der Waals surface area contributed by atoms with Gasteiger partial charge in [-0.15, -0.1) is 0 Å². The Morgan fingerprint density at radius 3 is 2.79 bits per heavy atom. The number of methoxy groups -OCH3 is 1. The fraction of sp³-hybridized carbons (Fsp3) is 0.300. The van der Waals surface area contributed by atoms with Gasteiger partial charge in [-0.05, 0) is 6.07 Å². The molecule has 1 aromatic rings. The third-order valence-corrected chi connectivity index (χ3v) is 1.71. The number of halogens is 1. The zero-order valence-corrected chi connectivity index (χ0v) is 8.13. The van der Waals surface area contributed by atoms with Crippen LogP contribution in [-0.2, 0) is 4.79 Å². The van der Waals surface area contributed by atoms with Gasteiger partial charge in [0.15, 0.2) is 0 Å². The number of hydrogen-bond acceptors (Lipinski definition) is 2. The summed E-state index contributed by atoms with van der Waals surface area (Å²) in [6, 6.07) is 4.06. The van der Waals surface area contributed by atoms with Crippen molar-refractivity contribution in [3.05, 3.63) is 24.0 Å². The molecule has 1 rings (SSSR count). The van der Waals surface area contributed by atoms with E-state index in [0.717, 1.165) is 0 Å². The van der Waals surface area contributed by atoms with Gasteiger partial charge in [-0.25, -0.2) is 4.39 Å². The summed E-state index contributed by atoms with van der Waals surface area (Å²) < 4.78 is 17.8. The lowest BCUT2D eigenvalue weighted by atomic mass is 10.3. The third-order valence-electron chi connectivity index (χ3n) is 1.71. The van der Waals surface area contributed by atoms with E-state index in [1.54, 1.807) is 13.0 Å². The number of benzene rings is 1. The number of anilines is 1. The molecule has 0 fully saturated rings. The van der Waals surface area contributed by atoms with E-state index in [1.165, 1.54) is 19.2 Å². The van der Waals surface area contributed by atoms with Gasteiger partial charge in [0.25, 0.3) is 0 Å². The SMILES string of the molecule is CCC(=O)Nc1cc(F)cc(OC)c1. The summed E-state index contributed by atoms with van der Waals surface area (Å²) in [6.07, 6.45) is 0.360. The maximum atomic E-state index is 12.9. The molecule has 1 aromatic carbocycles.